The van der Waals surface area contributed by atoms with Gasteiger partial charge in [-0.2, -0.15) is 0 Å². The van der Waals surface area contributed by atoms with Crippen LogP contribution < -0.4 is 10.2 Å². The van der Waals surface area contributed by atoms with Crippen LogP contribution in [0.1, 0.15) is 6.92 Å². The normalized spacial score (nSPS) is 11.0. The van der Waals surface area contributed by atoms with E-state index in [2.05, 4.69) is 10.5 Å². The molecule has 136 valence electrons. The molecule has 0 aromatic heterocycles. The van der Waals surface area contributed by atoms with Crippen LogP contribution in [0.3, 0.4) is 0 Å². The van der Waals surface area contributed by atoms with E-state index < -0.39 is 16.8 Å². The van der Waals surface area contributed by atoms with E-state index in [9.17, 15) is 14.9 Å². The fourth-order valence-corrected chi connectivity index (χ4v) is 2.27. The molecular weight excluding hydrogens is 385 g/mol. The Labute approximate surface area is 158 Å². The van der Waals surface area contributed by atoms with E-state index in [4.69, 9.17) is 32.7 Å². The van der Waals surface area contributed by atoms with Crippen LogP contribution in [0.25, 0.3) is 0 Å². The number of non-ortho nitro benzene ring substituents is 1. The molecule has 0 saturated carbocycles. The highest BCUT2D eigenvalue weighted by Gasteiger charge is 2.18. The van der Waals surface area contributed by atoms with E-state index in [1.807, 2.05) is 0 Å². The number of para-hydroxylation sites is 1. The van der Waals surface area contributed by atoms with Crippen LogP contribution in [0.2, 0.25) is 10.0 Å². The molecule has 0 unspecified atom stereocenters. The Balaban J connectivity index is 2.30. The zero-order valence-electron chi connectivity index (χ0n) is 13.4. The molecular formula is C16H13Cl2N3O5. The van der Waals surface area contributed by atoms with Gasteiger partial charge in [0.1, 0.15) is 5.75 Å². The number of nitrogens with zero attached hydrogens (tertiary/aromatic N) is 2. The van der Waals surface area contributed by atoms with Crippen molar-refractivity contribution in [2.45, 2.75) is 6.92 Å². The van der Waals surface area contributed by atoms with Gasteiger partial charge in [-0.15, -0.1) is 5.10 Å². The molecule has 0 heterocycles. The summed E-state index contributed by atoms with van der Waals surface area (Å²) in [4.78, 5) is 22.3. The largest absolute Gasteiger partial charge is 0.459 e. The maximum absolute atomic E-state index is 12.0. The predicted octanol–water partition coefficient (Wildman–Crippen LogP) is 4.27. The number of ether oxygens (including phenoxy) is 2. The van der Waals surface area contributed by atoms with E-state index in [-0.39, 0.29) is 33.8 Å². The number of halogens is 2. The first-order valence-corrected chi connectivity index (χ1v) is 8.05. The number of nitro groups is 1. The Hall–Kier alpha value is -2.84. The van der Waals surface area contributed by atoms with Gasteiger partial charge in [-0.25, -0.2) is 4.79 Å². The monoisotopic (exact) mass is 397 g/mol. The average molecular weight is 398 g/mol. The molecule has 0 aliphatic rings. The van der Waals surface area contributed by atoms with Crippen LogP contribution in [0.5, 0.6) is 5.75 Å². The molecule has 0 amide bonds. The first kappa shape index (κ1) is 19.5. The molecule has 0 fully saturated rings. The molecule has 26 heavy (non-hydrogen) atoms. The zero-order valence-corrected chi connectivity index (χ0v) is 15.0. The van der Waals surface area contributed by atoms with Crippen LogP contribution in [0.4, 0.5) is 11.4 Å². The number of hydrazone groups is 1. The lowest BCUT2D eigenvalue weighted by atomic mass is 10.3. The maximum atomic E-state index is 12.0. The second-order valence-electron chi connectivity index (χ2n) is 4.70. The fourth-order valence-electron chi connectivity index (χ4n) is 1.79. The highest BCUT2D eigenvalue weighted by Crippen LogP contribution is 2.29. The van der Waals surface area contributed by atoms with Crippen LogP contribution in [-0.2, 0) is 9.53 Å². The molecule has 2 aromatic carbocycles. The first-order valence-electron chi connectivity index (χ1n) is 7.29. The third-order valence-electron chi connectivity index (χ3n) is 2.93. The average Bonchev–Trinajstić information content (AvgIpc) is 2.60. The molecule has 0 radical (unpaired) electrons. The van der Waals surface area contributed by atoms with E-state index in [0.29, 0.717) is 0 Å². The first-order chi connectivity index (χ1) is 12.4. The molecule has 0 saturated heterocycles. The molecule has 10 heteroatoms. The van der Waals surface area contributed by atoms with Gasteiger partial charge in [-0.1, -0.05) is 35.3 Å². The number of carbonyl (C=O) groups is 1. The minimum atomic E-state index is -0.866. The summed E-state index contributed by atoms with van der Waals surface area (Å²) in [6.07, 6.45) is 0. The van der Waals surface area contributed by atoms with Gasteiger partial charge in [0.15, 0.2) is 0 Å². The topological polar surface area (TPSA) is 103 Å². The Morgan fingerprint density at radius 2 is 1.88 bits per heavy atom. The summed E-state index contributed by atoms with van der Waals surface area (Å²) in [5, 5.41) is 15.2. The van der Waals surface area contributed by atoms with Crippen molar-refractivity contribution in [3.05, 3.63) is 62.6 Å². The maximum Gasteiger partial charge on any atom is 0.396 e. The number of carbonyl (C=O) groups excluding carboxylic acids is 1. The summed E-state index contributed by atoms with van der Waals surface area (Å²) in [6, 6.07) is 10.1. The van der Waals surface area contributed by atoms with E-state index in [1.165, 1.54) is 18.2 Å². The molecule has 0 aliphatic carbocycles. The van der Waals surface area contributed by atoms with Crippen LogP contribution in [-0.4, -0.2) is 23.4 Å². The third-order valence-corrected chi connectivity index (χ3v) is 3.55. The number of nitrogens with one attached hydrogen (secondary N) is 1. The second kappa shape index (κ2) is 9.02. The summed E-state index contributed by atoms with van der Waals surface area (Å²) < 4.78 is 10.2. The van der Waals surface area contributed by atoms with E-state index in [1.54, 1.807) is 25.1 Å². The summed E-state index contributed by atoms with van der Waals surface area (Å²) in [5.41, 5.74) is 2.61. The van der Waals surface area contributed by atoms with Crippen molar-refractivity contribution in [2.75, 3.05) is 12.0 Å². The van der Waals surface area contributed by atoms with Crippen molar-refractivity contribution in [3.63, 3.8) is 0 Å². The lowest BCUT2D eigenvalue weighted by molar-refractivity contribution is -0.384. The molecule has 0 spiro atoms. The van der Waals surface area contributed by atoms with Crippen molar-refractivity contribution in [2.24, 2.45) is 5.10 Å². The highest BCUT2D eigenvalue weighted by molar-refractivity contribution is 6.39. The fraction of sp³-hybridized carbons (Fsp3) is 0.125. The molecule has 0 aliphatic heterocycles. The van der Waals surface area contributed by atoms with Gasteiger partial charge in [0.05, 0.1) is 33.3 Å². The Morgan fingerprint density at radius 3 is 2.50 bits per heavy atom. The van der Waals surface area contributed by atoms with Crippen molar-refractivity contribution in [1.82, 2.24) is 0 Å². The predicted molar refractivity (Wildman–Crippen MR) is 97.9 cm³/mol. The van der Waals surface area contributed by atoms with Gasteiger partial charge in [0.2, 0.25) is 0 Å². The Bertz CT molecular complexity index is 837. The van der Waals surface area contributed by atoms with Gasteiger partial charge < -0.3 is 9.47 Å². The second-order valence-corrected chi connectivity index (χ2v) is 5.52. The number of anilines is 1. The third kappa shape index (κ3) is 5.08. The van der Waals surface area contributed by atoms with Gasteiger partial charge in [0.25, 0.3) is 5.69 Å². The Kier molecular flexibility index (Phi) is 6.76. The Morgan fingerprint density at radius 1 is 1.23 bits per heavy atom. The number of benzene rings is 2. The number of hydrogen-bond acceptors (Lipinski definition) is 7. The van der Waals surface area contributed by atoms with Gasteiger partial charge in [0, 0.05) is 6.07 Å². The highest BCUT2D eigenvalue weighted by atomic mass is 35.5. The van der Waals surface area contributed by atoms with Crippen molar-refractivity contribution >= 4 is 46.4 Å². The number of hydrogen-bond donors (Lipinski definition) is 1. The molecule has 0 bridgehead atoms. The lowest BCUT2D eigenvalue weighted by Crippen LogP contribution is -2.24. The minimum Gasteiger partial charge on any atom is -0.459 e. The van der Waals surface area contributed by atoms with Crippen LogP contribution >= 0.6 is 23.2 Å². The summed E-state index contributed by atoms with van der Waals surface area (Å²) in [6.45, 7) is 1.70. The molecule has 0 atom stereocenters. The van der Waals surface area contributed by atoms with Gasteiger partial charge in [-0.05, 0) is 25.1 Å². The summed E-state index contributed by atoms with van der Waals surface area (Å²) >= 11 is 12.0. The number of esters is 1. The van der Waals surface area contributed by atoms with Crippen molar-refractivity contribution < 1.29 is 19.2 Å². The van der Waals surface area contributed by atoms with Crippen molar-refractivity contribution in [1.29, 1.82) is 0 Å². The molecule has 1 N–H and O–H groups in total. The molecule has 2 rings (SSSR count). The molecule has 2 aromatic rings. The number of rotatable bonds is 5. The summed E-state index contributed by atoms with van der Waals surface area (Å²) in [5.74, 6) is -1.30. The minimum absolute atomic E-state index is 0.0399. The molecule has 8 nitrogen and oxygen atoms in total. The standard InChI is InChI=1S/C16H13Cl2N3O5/c1-2-25-16(22)15(20-19-14-12(17)7-4-8-13(14)18)26-11-6-3-5-10(9-11)21(23)24/h3-9,19H,2H2,1H3/b20-15-. The zero-order chi connectivity index (χ0) is 19.1. The number of nitro benzene ring substituents is 1. The van der Waals surface area contributed by atoms with Crippen molar-refractivity contribution in [3.8, 4) is 5.75 Å². The van der Waals surface area contributed by atoms with E-state index in [0.717, 1.165) is 6.07 Å². The van der Waals surface area contributed by atoms with Crippen LogP contribution in [0.15, 0.2) is 47.6 Å². The smallest absolute Gasteiger partial charge is 0.396 e. The lowest BCUT2D eigenvalue weighted by Gasteiger charge is -2.10. The summed E-state index contributed by atoms with van der Waals surface area (Å²) in [7, 11) is 0. The quantitative estimate of drug-likeness (QED) is 0.265. The SMILES string of the molecule is CCOC(=O)/C(=N/Nc1c(Cl)cccc1Cl)Oc1cccc([N+](=O)[O-])c1. The van der Waals surface area contributed by atoms with Gasteiger partial charge >= 0.3 is 11.9 Å². The van der Waals surface area contributed by atoms with E-state index >= 15 is 0 Å². The van der Waals surface area contributed by atoms with Gasteiger partial charge in [-0.3, -0.25) is 15.5 Å². The van der Waals surface area contributed by atoms with Crippen LogP contribution in [0, 0.1) is 10.1 Å².